The van der Waals surface area contributed by atoms with Crippen LogP contribution < -0.4 is 5.73 Å². The van der Waals surface area contributed by atoms with E-state index in [-0.39, 0.29) is 5.54 Å². The van der Waals surface area contributed by atoms with E-state index in [1.165, 1.54) is 0 Å². The van der Waals surface area contributed by atoms with E-state index >= 15 is 0 Å². The molecule has 2 unspecified atom stereocenters. The fourth-order valence-corrected chi connectivity index (χ4v) is 1.72. The molecular weight excluding hydrogens is 158 g/mol. The first-order valence-corrected chi connectivity index (χ1v) is 4.70. The average Bonchev–Trinajstić information content (AvgIpc) is 2.27. The van der Waals surface area contributed by atoms with E-state index in [0.717, 1.165) is 0 Å². The molecule has 2 N–H and O–H groups in total. The third-order valence-corrected chi connectivity index (χ3v) is 2.58. The van der Waals surface area contributed by atoms with E-state index in [4.69, 9.17) is 5.73 Å². The highest BCUT2D eigenvalue weighted by Crippen LogP contribution is 2.26. The van der Waals surface area contributed by atoms with E-state index in [1.807, 2.05) is 6.92 Å². The van der Waals surface area contributed by atoms with E-state index in [0.29, 0.717) is 11.8 Å². The van der Waals surface area contributed by atoms with Crippen LogP contribution in [0.1, 0.15) is 6.92 Å². The van der Waals surface area contributed by atoms with Crippen molar-refractivity contribution in [2.24, 2.45) is 17.6 Å². The van der Waals surface area contributed by atoms with Crippen molar-refractivity contribution in [1.29, 1.82) is 0 Å². The van der Waals surface area contributed by atoms with Crippen LogP contribution >= 0.6 is 0 Å². The summed E-state index contributed by atoms with van der Waals surface area (Å²) >= 11 is 0. The average molecular weight is 173 g/mol. The Balaban J connectivity index is 2.31. The zero-order valence-electron chi connectivity index (χ0n) is 7.85. The van der Waals surface area contributed by atoms with Crippen LogP contribution in [0.3, 0.4) is 0 Å². The number of rotatable bonds is 0. The van der Waals surface area contributed by atoms with Crippen molar-refractivity contribution < 1.29 is 0 Å². The van der Waals surface area contributed by atoms with Gasteiger partial charge in [-0.25, -0.2) is 0 Å². The number of hydrogen-bond donors (Lipinski definition) is 1. The Hall–Kier alpha value is -1.08. The predicted octanol–water partition coefficient (Wildman–Crippen LogP) is 2.19. The van der Waals surface area contributed by atoms with Gasteiger partial charge in [0.15, 0.2) is 0 Å². The van der Waals surface area contributed by atoms with Gasteiger partial charge in [0.05, 0.1) is 0 Å². The van der Waals surface area contributed by atoms with Gasteiger partial charge >= 0.3 is 0 Å². The van der Waals surface area contributed by atoms with Gasteiger partial charge in [-0.15, -0.1) is 0 Å². The summed E-state index contributed by atoms with van der Waals surface area (Å²) in [4.78, 5) is 0. The first kappa shape index (κ1) is 8.52. The Morgan fingerprint density at radius 3 is 1.85 bits per heavy atom. The van der Waals surface area contributed by atoms with Gasteiger partial charge in [-0.05, 0) is 6.92 Å². The van der Waals surface area contributed by atoms with Crippen LogP contribution in [0, 0.1) is 11.8 Å². The lowest BCUT2D eigenvalue weighted by molar-refractivity contribution is 0.670. The van der Waals surface area contributed by atoms with Gasteiger partial charge in [-0.1, -0.05) is 48.6 Å². The monoisotopic (exact) mass is 173 g/mol. The maximum Gasteiger partial charge on any atom is 0.0496 e. The van der Waals surface area contributed by atoms with Crippen molar-refractivity contribution >= 4 is 0 Å². The first-order chi connectivity index (χ1) is 6.17. The van der Waals surface area contributed by atoms with E-state index in [2.05, 4.69) is 48.6 Å². The van der Waals surface area contributed by atoms with Gasteiger partial charge in [-0.2, -0.15) is 0 Å². The summed E-state index contributed by atoms with van der Waals surface area (Å²) in [6.45, 7) is 2.02. The fourth-order valence-electron chi connectivity index (χ4n) is 1.72. The van der Waals surface area contributed by atoms with Crippen LogP contribution in [-0.4, -0.2) is 5.54 Å². The molecule has 13 heavy (non-hydrogen) atoms. The minimum Gasteiger partial charge on any atom is -0.319 e. The highest BCUT2D eigenvalue weighted by Gasteiger charge is 2.19. The van der Waals surface area contributed by atoms with Crippen LogP contribution in [0.25, 0.3) is 0 Å². The van der Waals surface area contributed by atoms with Crippen LogP contribution in [-0.2, 0) is 0 Å². The number of fused-ring (bicyclic) bond motifs is 1. The molecule has 0 fully saturated rings. The lowest BCUT2D eigenvalue weighted by Crippen LogP contribution is -2.30. The van der Waals surface area contributed by atoms with Gasteiger partial charge in [0.2, 0.25) is 0 Å². The lowest BCUT2D eigenvalue weighted by atomic mass is 9.89. The summed E-state index contributed by atoms with van der Waals surface area (Å²) in [5, 5.41) is 0. The molecule has 0 saturated carbocycles. The summed E-state index contributed by atoms with van der Waals surface area (Å²) < 4.78 is 0. The van der Waals surface area contributed by atoms with E-state index < -0.39 is 0 Å². The molecule has 0 aromatic carbocycles. The van der Waals surface area contributed by atoms with E-state index in [1.54, 1.807) is 0 Å². The summed E-state index contributed by atoms with van der Waals surface area (Å²) in [6.07, 6.45) is 17.2. The Bertz CT molecular complexity index is 275. The Morgan fingerprint density at radius 1 is 0.923 bits per heavy atom. The molecule has 2 aliphatic rings. The Kier molecular flexibility index (Phi) is 1.97. The fraction of sp³-hybridized carbons (Fsp3) is 0.333. The molecule has 0 amide bonds. The topological polar surface area (TPSA) is 26.0 Å². The van der Waals surface area contributed by atoms with E-state index in [9.17, 15) is 0 Å². The molecule has 2 aliphatic carbocycles. The first-order valence-electron chi connectivity index (χ1n) is 4.70. The third-order valence-electron chi connectivity index (χ3n) is 2.58. The molecule has 0 bridgehead atoms. The number of nitrogens with two attached hydrogens (primary N) is 1. The number of hydrogen-bond acceptors (Lipinski definition) is 1. The standard InChI is InChI=1S/C12H15N/c1-12(13)8-6-10-4-2-3-5-11(10)7-9-12/h2-11H,13H2,1H3. The minimum absolute atomic E-state index is 0.279. The van der Waals surface area contributed by atoms with Crippen molar-refractivity contribution in [3.8, 4) is 0 Å². The van der Waals surface area contributed by atoms with Crippen LogP contribution in [0.15, 0.2) is 48.6 Å². The highest BCUT2D eigenvalue weighted by atomic mass is 14.7. The van der Waals surface area contributed by atoms with Gasteiger partial charge in [0.25, 0.3) is 0 Å². The molecule has 0 aromatic heterocycles. The summed E-state index contributed by atoms with van der Waals surface area (Å²) in [5.74, 6) is 0.984. The lowest BCUT2D eigenvalue weighted by Gasteiger charge is -2.15. The maximum atomic E-state index is 6.01. The third kappa shape index (κ3) is 1.81. The Morgan fingerprint density at radius 2 is 1.38 bits per heavy atom. The zero-order chi connectivity index (χ0) is 9.31. The van der Waals surface area contributed by atoms with Gasteiger partial charge in [0.1, 0.15) is 0 Å². The quantitative estimate of drug-likeness (QED) is 0.558. The van der Waals surface area contributed by atoms with Crippen molar-refractivity contribution in [3.63, 3.8) is 0 Å². The minimum atomic E-state index is -0.279. The molecular formula is C12H15N. The van der Waals surface area contributed by atoms with Crippen LogP contribution in [0.4, 0.5) is 0 Å². The number of allylic oxidation sites excluding steroid dienone is 6. The summed E-state index contributed by atoms with van der Waals surface area (Å²) in [6, 6.07) is 0. The summed E-state index contributed by atoms with van der Waals surface area (Å²) in [5.41, 5.74) is 5.73. The van der Waals surface area contributed by atoms with Gasteiger partial charge in [0, 0.05) is 17.4 Å². The largest absolute Gasteiger partial charge is 0.319 e. The summed E-state index contributed by atoms with van der Waals surface area (Å²) in [7, 11) is 0. The van der Waals surface area contributed by atoms with Crippen molar-refractivity contribution in [1.82, 2.24) is 0 Å². The van der Waals surface area contributed by atoms with Gasteiger partial charge < -0.3 is 5.73 Å². The normalized spacial score (nSPS) is 41.7. The molecule has 68 valence electrons. The predicted molar refractivity (Wildman–Crippen MR) is 56.1 cm³/mol. The molecule has 0 spiro atoms. The molecule has 2 atom stereocenters. The molecule has 1 nitrogen and oxygen atoms in total. The van der Waals surface area contributed by atoms with Crippen LogP contribution in [0.5, 0.6) is 0 Å². The molecule has 0 heterocycles. The molecule has 0 aromatic rings. The Labute approximate surface area is 79.3 Å². The zero-order valence-corrected chi connectivity index (χ0v) is 7.85. The molecule has 0 aliphatic heterocycles. The second-order valence-electron chi connectivity index (χ2n) is 4.01. The second-order valence-corrected chi connectivity index (χ2v) is 4.01. The molecule has 1 heteroatoms. The molecule has 0 saturated heterocycles. The SMILES string of the molecule is CC1(N)C=CC2C=CC=CC2C=C1. The smallest absolute Gasteiger partial charge is 0.0496 e. The van der Waals surface area contributed by atoms with Gasteiger partial charge in [-0.3, -0.25) is 0 Å². The molecule has 0 radical (unpaired) electrons. The maximum absolute atomic E-state index is 6.01. The van der Waals surface area contributed by atoms with Crippen molar-refractivity contribution in [2.45, 2.75) is 12.5 Å². The van der Waals surface area contributed by atoms with Crippen molar-refractivity contribution in [2.75, 3.05) is 0 Å². The van der Waals surface area contributed by atoms with Crippen LogP contribution in [0.2, 0.25) is 0 Å². The van der Waals surface area contributed by atoms with Crippen molar-refractivity contribution in [3.05, 3.63) is 48.6 Å². The second kappa shape index (κ2) is 3.00. The highest BCUT2D eigenvalue weighted by molar-refractivity contribution is 5.29. The molecule has 2 rings (SSSR count).